The van der Waals surface area contributed by atoms with Gasteiger partial charge in [-0.25, -0.2) is 0 Å². The van der Waals surface area contributed by atoms with Crippen LogP contribution in [-0.4, -0.2) is 28.6 Å². The first-order valence-corrected chi connectivity index (χ1v) is 9.28. The van der Waals surface area contributed by atoms with Gasteiger partial charge in [0.25, 0.3) is 5.91 Å². The average molecular weight is 377 g/mol. The van der Waals surface area contributed by atoms with E-state index >= 15 is 0 Å². The normalized spacial score (nSPS) is 10.6. The molecule has 0 aliphatic carbocycles. The van der Waals surface area contributed by atoms with Crippen LogP contribution >= 0.6 is 22.7 Å². The molecular weight excluding hydrogens is 362 g/mol. The Kier molecular flexibility index (Phi) is 5.91. The molecule has 0 spiro atoms. The van der Waals surface area contributed by atoms with Crippen LogP contribution in [0.2, 0.25) is 0 Å². The molecule has 0 saturated carbocycles. The lowest BCUT2D eigenvalue weighted by Crippen LogP contribution is -2.28. The summed E-state index contributed by atoms with van der Waals surface area (Å²) in [5.74, 6) is 0.0514. The van der Waals surface area contributed by atoms with Crippen molar-refractivity contribution < 1.29 is 18.8 Å². The molecule has 0 unspecified atom stereocenters. The van der Waals surface area contributed by atoms with Crippen molar-refractivity contribution in [3.8, 4) is 10.7 Å². The zero-order valence-electron chi connectivity index (χ0n) is 13.1. The van der Waals surface area contributed by atoms with Crippen LogP contribution in [0.3, 0.4) is 0 Å². The van der Waals surface area contributed by atoms with Gasteiger partial charge in [-0.1, -0.05) is 17.3 Å². The summed E-state index contributed by atoms with van der Waals surface area (Å²) in [6, 6.07) is 7.62. The van der Waals surface area contributed by atoms with Crippen molar-refractivity contribution in [3.05, 3.63) is 45.8 Å². The summed E-state index contributed by atoms with van der Waals surface area (Å²) < 4.78 is 10.0. The van der Waals surface area contributed by atoms with Gasteiger partial charge < -0.3 is 14.6 Å². The van der Waals surface area contributed by atoms with E-state index < -0.39 is 5.97 Å². The van der Waals surface area contributed by atoms with Crippen molar-refractivity contribution in [1.29, 1.82) is 0 Å². The molecular formula is C16H15N3O4S2. The molecule has 1 amide bonds. The number of aromatic nitrogens is 2. The Morgan fingerprint density at radius 3 is 2.80 bits per heavy atom. The Labute approximate surface area is 151 Å². The Morgan fingerprint density at radius 2 is 2.04 bits per heavy atom. The summed E-state index contributed by atoms with van der Waals surface area (Å²) >= 11 is 3.06. The average Bonchev–Trinajstić information content (AvgIpc) is 3.37. The number of nitrogens with zero attached hydrogens (tertiary/aromatic N) is 2. The van der Waals surface area contributed by atoms with Gasteiger partial charge in [0.1, 0.15) is 0 Å². The molecule has 3 aromatic heterocycles. The summed E-state index contributed by atoms with van der Waals surface area (Å²) in [7, 11) is 0. The van der Waals surface area contributed by atoms with E-state index in [0.717, 1.165) is 9.75 Å². The Bertz CT molecular complexity index is 812. The van der Waals surface area contributed by atoms with Gasteiger partial charge in [0.05, 0.1) is 17.8 Å². The maximum absolute atomic E-state index is 11.7. The molecule has 7 nitrogen and oxygen atoms in total. The van der Waals surface area contributed by atoms with E-state index in [2.05, 4.69) is 15.5 Å². The fraction of sp³-hybridized carbons (Fsp3) is 0.250. The van der Waals surface area contributed by atoms with Gasteiger partial charge in [-0.15, -0.1) is 22.7 Å². The molecule has 3 rings (SSSR count). The number of carbonyl (C=O) groups is 2. The standard InChI is InChI=1S/C16H15N3O4S2/c20-13(17-9-11-3-1-7-24-11)10-22-15(21)6-5-14-18-16(19-23-14)12-4-2-8-25-12/h1-4,7-8H,5-6,9-10H2,(H,17,20). The van der Waals surface area contributed by atoms with Gasteiger partial charge in [0.2, 0.25) is 11.7 Å². The van der Waals surface area contributed by atoms with Crippen molar-refractivity contribution in [2.24, 2.45) is 0 Å². The van der Waals surface area contributed by atoms with Crippen LogP contribution < -0.4 is 5.32 Å². The number of hydrogen-bond acceptors (Lipinski definition) is 8. The third kappa shape index (κ3) is 5.23. The molecule has 25 heavy (non-hydrogen) atoms. The van der Waals surface area contributed by atoms with Gasteiger partial charge >= 0.3 is 5.97 Å². The van der Waals surface area contributed by atoms with Gasteiger partial charge in [-0.2, -0.15) is 4.98 Å². The Morgan fingerprint density at radius 1 is 1.20 bits per heavy atom. The second-order valence-corrected chi connectivity index (χ2v) is 6.99. The van der Waals surface area contributed by atoms with Crippen LogP contribution in [0.15, 0.2) is 39.5 Å². The largest absolute Gasteiger partial charge is 0.456 e. The summed E-state index contributed by atoms with van der Waals surface area (Å²) in [6.45, 7) is 0.135. The van der Waals surface area contributed by atoms with Crippen molar-refractivity contribution in [3.63, 3.8) is 0 Å². The molecule has 3 heterocycles. The second kappa shape index (κ2) is 8.54. The second-order valence-electron chi connectivity index (χ2n) is 5.01. The Balaban J connectivity index is 1.36. The number of esters is 1. The number of amides is 1. The lowest BCUT2D eigenvalue weighted by Gasteiger charge is -2.05. The number of rotatable bonds is 8. The summed E-state index contributed by atoms with van der Waals surface area (Å²) in [5.41, 5.74) is 0. The topological polar surface area (TPSA) is 94.3 Å². The fourth-order valence-electron chi connectivity index (χ4n) is 1.94. The van der Waals surface area contributed by atoms with Gasteiger partial charge in [-0.05, 0) is 22.9 Å². The van der Waals surface area contributed by atoms with E-state index in [0.29, 0.717) is 18.3 Å². The molecule has 1 N–H and O–H groups in total. The van der Waals surface area contributed by atoms with Crippen LogP contribution in [0.1, 0.15) is 17.2 Å². The molecule has 0 fully saturated rings. The quantitative estimate of drug-likeness (QED) is 0.607. The molecule has 0 aromatic carbocycles. The van der Waals surface area contributed by atoms with E-state index in [-0.39, 0.29) is 25.4 Å². The van der Waals surface area contributed by atoms with Crippen molar-refractivity contribution >= 4 is 34.6 Å². The molecule has 0 radical (unpaired) electrons. The van der Waals surface area contributed by atoms with Crippen molar-refractivity contribution in [1.82, 2.24) is 15.5 Å². The third-order valence-corrected chi connectivity index (χ3v) is 4.90. The van der Waals surface area contributed by atoms with Gasteiger partial charge in [0.15, 0.2) is 6.61 Å². The number of nitrogens with one attached hydrogen (secondary N) is 1. The number of aryl methyl sites for hydroxylation is 1. The van der Waals surface area contributed by atoms with E-state index in [9.17, 15) is 9.59 Å². The lowest BCUT2D eigenvalue weighted by molar-refractivity contribution is -0.148. The summed E-state index contributed by atoms with van der Waals surface area (Å²) in [6.07, 6.45) is 0.346. The van der Waals surface area contributed by atoms with Crippen LogP contribution in [0, 0.1) is 0 Å². The van der Waals surface area contributed by atoms with E-state index in [1.807, 2.05) is 35.0 Å². The highest BCUT2D eigenvalue weighted by atomic mass is 32.1. The first-order chi connectivity index (χ1) is 12.2. The predicted octanol–water partition coefficient (Wildman–Crippen LogP) is 2.65. The maximum atomic E-state index is 11.7. The highest BCUT2D eigenvalue weighted by Crippen LogP contribution is 2.21. The lowest BCUT2D eigenvalue weighted by atomic mass is 10.3. The summed E-state index contributed by atoms with van der Waals surface area (Å²) in [4.78, 5) is 29.5. The van der Waals surface area contributed by atoms with Crippen molar-refractivity contribution in [2.45, 2.75) is 19.4 Å². The smallest absolute Gasteiger partial charge is 0.306 e. The van der Waals surface area contributed by atoms with Crippen LogP contribution in [0.4, 0.5) is 0 Å². The first kappa shape index (κ1) is 17.3. The molecule has 0 aliphatic heterocycles. The SMILES string of the molecule is O=C(COC(=O)CCc1nc(-c2cccs2)no1)NCc1cccs1. The highest BCUT2D eigenvalue weighted by Gasteiger charge is 2.13. The molecule has 3 aromatic rings. The zero-order valence-corrected chi connectivity index (χ0v) is 14.8. The number of thiophene rings is 2. The minimum atomic E-state index is -0.484. The maximum Gasteiger partial charge on any atom is 0.306 e. The minimum absolute atomic E-state index is 0.0737. The third-order valence-electron chi connectivity index (χ3n) is 3.16. The fourth-order valence-corrected chi connectivity index (χ4v) is 3.23. The highest BCUT2D eigenvalue weighted by molar-refractivity contribution is 7.13. The summed E-state index contributed by atoms with van der Waals surface area (Å²) in [5, 5.41) is 10.4. The molecule has 0 saturated heterocycles. The Hall–Kier alpha value is -2.52. The molecule has 9 heteroatoms. The van der Waals surface area contributed by atoms with E-state index in [4.69, 9.17) is 9.26 Å². The predicted molar refractivity (Wildman–Crippen MR) is 93.1 cm³/mol. The molecule has 0 bridgehead atoms. The van der Waals surface area contributed by atoms with Crippen molar-refractivity contribution in [2.75, 3.05) is 6.61 Å². The van der Waals surface area contributed by atoms with E-state index in [1.165, 1.54) is 11.3 Å². The van der Waals surface area contributed by atoms with Crippen LogP contribution in [0.25, 0.3) is 10.7 Å². The number of carbonyl (C=O) groups excluding carboxylic acids is 2. The van der Waals surface area contributed by atoms with E-state index in [1.54, 1.807) is 11.3 Å². The minimum Gasteiger partial charge on any atom is -0.456 e. The van der Waals surface area contributed by atoms with Crippen LogP contribution in [-0.2, 0) is 27.3 Å². The molecule has 0 atom stereocenters. The number of ether oxygens (including phenoxy) is 1. The molecule has 0 aliphatic rings. The van der Waals surface area contributed by atoms with Gasteiger partial charge in [-0.3, -0.25) is 9.59 Å². The van der Waals surface area contributed by atoms with Crippen LogP contribution in [0.5, 0.6) is 0 Å². The molecule has 130 valence electrons. The zero-order chi connectivity index (χ0) is 17.5. The first-order valence-electron chi connectivity index (χ1n) is 7.52. The number of hydrogen-bond donors (Lipinski definition) is 1. The van der Waals surface area contributed by atoms with Gasteiger partial charge in [0, 0.05) is 11.3 Å². The monoisotopic (exact) mass is 377 g/mol.